The van der Waals surface area contributed by atoms with Gasteiger partial charge in [0.25, 0.3) is 0 Å². The van der Waals surface area contributed by atoms with Crippen molar-refractivity contribution in [3.63, 3.8) is 0 Å². The molecule has 3 aromatic rings. The van der Waals surface area contributed by atoms with E-state index < -0.39 is 11.9 Å². The van der Waals surface area contributed by atoms with Crippen molar-refractivity contribution in [3.8, 4) is 0 Å². The lowest BCUT2D eigenvalue weighted by molar-refractivity contribution is 0.458. The molecular weight excluding hydrogens is 276 g/mol. The molecule has 1 aromatic carbocycles. The quantitative estimate of drug-likeness (QED) is 0.575. The monoisotopic (exact) mass is 289 g/mol. The van der Waals surface area contributed by atoms with E-state index in [1.807, 2.05) is 0 Å². The number of nitrogens with two attached hydrogens (primary N) is 1. The number of aryl methyl sites for hydroxylation is 1. The minimum Gasteiger partial charge on any atom is -0.459 e. The summed E-state index contributed by atoms with van der Waals surface area (Å²) in [7, 11) is 0. The fourth-order valence-electron chi connectivity index (χ4n) is 2.41. The first kappa shape index (κ1) is 13.7. The lowest BCUT2D eigenvalue weighted by Crippen LogP contribution is -2.29. The van der Waals surface area contributed by atoms with Crippen molar-refractivity contribution >= 4 is 11.0 Å². The number of pyridine rings is 1. The zero-order valence-corrected chi connectivity index (χ0v) is 11.2. The molecule has 3 N–H and O–H groups in total. The third kappa shape index (κ3) is 2.28. The van der Waals surface area contributed by atoms with Gasteiger partial charge in [-0.2, -0.15) is 0 Å². The molecule has 108 valence electrons. The summed E-state index contributed by atoms with van der Waals surface area (Å²) in [5, 5.41) is 0.639. The zero-order chi connectivity index (χ0) is 15.0. The first-order valence-corrected chi connectivity index (χ1v) is 6.36. The molecular formula is C15H13F2N3O. The van der Waals surface area contributed by atoms with E-state index in [0.29, 0.717) is 27.9 Å². The number of hydrogen-bond donors (Lipinski definition) is 2. The van der Waals surface area contributed by atoms with Crippen LogP contribution in [0.4, 0.5) is 8.78 Å². The Hall–Kier alpha value is -2.31. The van der Waals surface area contributed by atoms with Gasteiger partial charge in [0.1, 0.15) is 29.0 Å². The van der Waals surface area contributed by atoms with Gasteiger partial charge >= 0.3 is 0 Å². The Bertz CT molecular complexity index is 801. The summed E-state index contributed by atoms with van der Waals surface area (Å²) in [4.78, 5) is 3.71. The van der Waals surface area contributed by atoms with Gasteiger partial charge < -0.3 is 4.42 Å². The molecule has 1 atom stereocenters. The fraction of sp³-hybridized carbons (Fsp3) is 0.133. The van der Waals surface area contributed by atoms with Crippen LogP contribution in [-0.4, -0.2) is 4.98 Å². The smallest absolute Gasteiger partial charge is 0.146 e. The van der Waals surface area contributed by atoms with E-state index >= 15 is 0 Å². The highest BCUT2D eigenvalue weighted by Gasteiger charge is 2.23. The Morgan fingerprint density at radius 1 is 1.29 bits per heavy atom. The Kier molecular flexibility index (Phi) is 3.40. The third-order valence-electron chi connectivity index (χ3n) is 3.48. The Labute approximate surface area is 119 Å². The van der Waals surface area contributed by atoms with Gasteiger partial charge in [-0.05, 0) is 31.2 Å². The van der Waals surface area contributed by atoms with Crippen LogP contribution in [0.5, 0.6) is 0 Å². The van der Waals surface area contributed by atoms with Gasteiger partial charge in [-0.15, -0.1) is 0 Å². The minimum atomic E-state index is -0.677. The number of nitrogens with one attached hydrogen (secondary N) is 1. The highest BCUT2D eigenvalue weighted by atomic mass is 19.1. The van der Waals surface area contributed by atoms with Gasteiger partial charge in [0.05, 0.1) is 6.20 Å². The van der Waals surface area contributed by atoms with Crippen LogP contribution < -0.4 is 11.3 Å². The van der Waals surface area contributed by atoms with E-state index in [4.69, 9.17) is 10.3 Å². The van der Waals surface area contributed by atoms with E-state index in [-0.39, 0.29) is 5.82 Å². The number of benzene rings is 1. The summed E-state index contributed by atoms with van der Waals surface area (Å²) in [5.74, 6) is 5.15. The van der Waals surface area contributed by atoms with E-state index in [1.165, 1.54) is 30.5 Å². The molecule has 0 saturated carbocycles. The molecule has 3 rings (SSSR count). The lowest BCUT2D eigenvalue weighted by atomic mass is 10.0. The van der Waals surface area contributed by atoms with Crippen LogP contribution in [0.25, 0.3) is 11.0 Å². The number of hydrogen-bond acceptors (Lipinski definition) is 4. The van der Waals surface area contributed by atoms with Crippen LogP contribution in [0.1, 0.15) is 22.9 Å². The molecule has 2 aromatic heterocycles. The SMILES string of the molecule is Cc1c(C(NN)c2ccncc2F)oc2ccc(F)cc12. The molecule has 2 heterocycles. The van der Waals surface area contributed by atoms with Gasteiger partial charge in [0.15, 0.2) is 0 Å². The highest BCUT2D eigenvalue weighted by Crippen LogP contribution is 2.33. The van der Waals surface area contributed by atoms with Crippen molar-refractivity contribution in [2.24, 2.45) is 5.84 Å². The van der Waals surface area contributed by atoms with Crippen LogP contribution >= 0.6 is 0 Å². The average Bonchev–Trinajstić information content (AvgIpc) is 2.79. The molecule has 0 radical (unpaired) electrons. The van der Waals surface area contributed by atoms with Gasteiger partial charge in [-0.1, -0.05) is 0 Å². The van der Waals surface area contributed by atoms with Crippen LogP contribution in [0.2, 0.25) is 0 Å². The second kappa shape index (κ2) is 5.23. The standard InChI is InChI=1S/C15H13F2N3O/c1-8-11-6-9(16)2-3-13(11)21-15(8)14(20-18)10-4-5-19-7-12(10)17/h2-7,14,20H,18H2,1H3. The summed E-state index contributed by atoms with van der Waals surface area (Å²) >= 11 is 0. The van der Waals surface area contributed by atoms with Crippen molar-refractivity contribution in [1.29, 1.82) is 0 Å². The van der Waals surface area contributed by atoms with Gasteiger partial charge in [0.2, 0.25) is 0 Å². The van der Waals surface area contributed by atoms with Gasteiger partial charge in [0, 0.05) is 22.7 Å². The Morgan fingerprint density at radius 3 is 2.81 bits per heavy atom. The van der Waals surface area contributed by atoms with Crippen molar-refractivity contribution in [3.05, 3.63) is 65.2 Å². The predicted octanol–water partition coefficient (Wildman–Crippen LogP) is 2.97. The van der Waals surface area contributed by atoms with Gasteiger partial charge in [-0.25, -0.2) is 14.2 Å². The fourth-order valence-corrected chi connectivity index (χ4v) is 2.41. The number of nitrogens with zero attached hydrogens (tertiary/aromatic N) is 1. The van der Waals surface area contributed by atoms with Crippen LogP contribution in [0, 0.1) is 18.6 Å². The first-order valence-electron chi connectivity index (χ1n) is 6.36. The number of rotatable bonds is 3. The molecule has 21 heavy (non-hydrogen) atoms. The first-order chi connectivity index (χ1) is 10.1. The predicted molar refractivity (Wildman–Crippen MR) is 74.3 cm³/mol. The average molecular weight is 289 g/mol. The maximum Gasteiger partial charge on any atom is 0.146 e. The Balaban J connectivity index is 2.18. The second-order valence-electron chi connectivity index (χ2n) is 4.73. The number of fused-ring (bicyclic) bond motifs is 1. The number of aromatic nitrogens is 1. The number of furan rings is 1. The second-order valence-corrected chi connectivity index (χ2v) is 4.73. The summed E-state index contributed by atoms with van der Waals surface area (Å²) in [6.07, 6.45) is 2.58. The largest absolute Gasteiger partial charge is 0.459 e. The maximum atomic E-state index is 13.9. The molecule has 4 nitrogen and oxygen atoms in total. The summed E-state index contributed by atoms with van der Waals surface area (Å²) in [5.41, 5.74) is 4.09. The molecule has 0 aliphatic rings. The van der Waals surface area contributed by atoms with Crippen LogP contribution in [0.15, 0.2) is 41.1 Å². The summed E-state index contributed by atoms with van der Waals surface area (Å²) in [6.45, 7) is 1.78. The molecule has 6 heteroatoms. The number of halogens is 2. The minimum absolute atomic E-state index is 0.315. The normalized spacial score (nSPS) is 12.8. The van der Waals surface area contributed by atoms with Crippen LogP contribution in [0.3, 0.4) is 0 Å². The van der Waals surface area contributed by atoms with Crippen LogP contribution in [-0.2, 0) is 0 Å². The van der Waals surface area contributed by atoms with E-state index in [0.717, 1.165) is 6.20 Å². The van der Waals surface area contributed by atoms with Crippen molar-refractivity contribution in [2.45, 2.75) is 13.0 Å². The molecule has 0 amide bonds. The van der Waals surface area contributed by atoms with E-state index in [1.54, 1.807) is 6.92 Å². The highest BCUT2D eigenvalue weighted by molar-refractivity contribution is 5.82. The maximum absolute atomic E-state index is 13.9. The van der Waals surface area contributed by atoms with Crippen molar-refractivity contribution < 1.29 is 13.2 Å². The number of hydrazine groups is 1. The lowest BCUT2D eigenvalue weighted by Gasteiger charge is -2.15. The summed E-state index contributed by atoms with van der Waals surface area (Å²) in [6, 6.07) is 5.08. The molecule has 0 bridgehead atoms. The Morgan fingerprint density at radius 2 is 2.10 bits per heavy atom. The molecule has 0 aliphatic heterocycles. The molecule has 0 aliphatic carbocycles. The van der Waals surface area contributed by atoms with Crippen molar-refractivity contribution in [1.82, 2.24) is 10.4 Å². The zero-order valence-electron chi connectivity index (χ0n) is 11.2. The molecule has 0 saturated heterocycles. The van der Waals surface area contributed by atoms with Gasteiger partial charge in [-0.3, -0.25) is 10.8 Å². The van der Waals surface area contributed by atoms with E-state index in [2.05, 4.69) is 10.4 Å². The molecule has 0 fully saturated rings. The molecule has 0 spiro atoms. The van der Waals surface area contributed by atoms with Crippen molar-refractivity contribution in [2.75, 3.05) is 0 Å². The van der Waals surface area contributed by atoms with E-state index in [9.17, 15) is 8.78 Å². The molecule has 1 unspecified atom stereocenters. The third-order valence-corrected chi connectivity index (χ3v) is 3.48. The summed E-state index contributed by atoms with van der Waals surface area (Å²) < 4.78 is 33.0. The topological polar surface area (TPSA) is 64.1 Å².